The average molecular weight is 468 g/mol. The topological polar surface area (TPSA) is 49.8 Å². The van der Waals surface area contributed by atoms with Gasteiger partial charge in [0.05, 0.1) is 13.5 Å². The van der Waals surface area contributed by atoms with Gasteiger partial charge in [0, 0.05) is 28.7 Å². The van der Waals surface area contributed by atoms with Crippen molar-refractivity contribution in [2.45, 2.75) is 32.0 Å². The zero-order chi connectivity index (χ0) is 21.5. The van der Waals surface area contributed by atoms with Crippen molar-refractivity contribution >= 4 is 21.9 Å². The summed E-state index contributed by atoms with van der Waals surface area (Å²) in [5, 5.41) is 9.77. The fourth-order valence-electron chi connectivity index (χ4n) is 3.77. The molecule has 0 aliphatic heterocycles. The van der Waals surface area contributed by atoms with Crippen LogP contribution in [0.15, 0.2) is 83.3 Å². The monoisotopic (exact) mass is 467 g/mol. The summed E-state index contributed by atoms with van der Waals surface area (Å²) in [5.74, 6) is -0.164. The Morgan fingerprint density at radius 2 is 1.67 bits per heavy atom. The number of carboxylic acids is 1. The Kier molecular flexibility index (Phi) is 7.66. The molecule has 0 radical (unpaired) electrons. The molecule has 0 saturated heterocycles. The highest BCUT2D eigenvalue weighted by Gasteiger charge is 2.30. The molecular formula is C25H26BrNO3. The molecule has 0 aliphatic carbocycles. The molecule has 3 aromatic carbocycles. The highest BCUT2D eigenvalue weighted by Crippen LogP contribution is 2.39. The normalized spacial score (nSPS) is 13.1. The second kappa shape index (κ2) is 10.4. The molecule has 0 heterocycles. The van der Waals surface area contributed by atoms with E-state index >= 15 is 0 Å². The Morgan fingerprint density at radius 1 is 1.03 bits per heavy atom. The third kappa shape index (κ3) is 5.49. The van der Waals surface area contributed by atoms with Crippen LogP contribution >= 0.6 is 15.9 Å². The fourth-order valence-corrected chi connectivity index (χ4v) is 4.15. The number of carboxylic acid groups (broad SMARTS) is 1. The molecule has 0 aliphatic rings. The quantitative estimate of drug-likeness (QED) is 0.404. The van der Waals surface area contributed by atoms with Crippen molar-refractivity contribution in [2.24, 2.45) is 0 Å². The van der Waals surface area contributed by atoms with Crippen molar-refractivity contribution in [1.29, 1.82) is 0 Å². The van der Waals surface area contributed by atoms with Crippen LogP contribution in [0.5, 0.6) is 5.75 Å². The number of aliphatic carboxylic acids is 1. The van der Waals surface area contributed by atoms with Gasteiger partial charge in [-0.15, -0.1) is 0 Å². The first-order valence-electron chi connectivity index (χ1n) is 9.89. The molecule has 0 amide bonds. The van der Waals surface area contributed by atoms with Gasteiger partial charge in [-0.25, -0.2) is 0 Å². The summed E-state index contributed by atoms with van der Waals surface area (Å²) < 4.78 is 6.50. The predicted octanol–water partition coefficient (Wildman–Crippen LogP) is 6.24. The molecule has 0 bridgehead atoms. The molecule has 0 spiro atoms. The van der Waals surface area contributed by atoms with Crippen molar-refractivity contribution in [1.82, 2.24) is 4.90 Å². The van der Waals surface area contributed by atoms with Gasteiger partial charge in [-0.1, -0.05) is 76.6 Å². The summed E-state index contributed by atoms with van der Waals surface area (Å²) in [6.07, 6.45) is -0.0309. The number of carbonyl (C=O) groups is 1. The molecule has 4 nitrogen and oxygen atoms in total. The van der Waals surface area contributed by atoms with Gasteiger partial charge in [-0.2, -0.15) is 0 Å². The van der Waals surface area contributed by atoms with Crippen molar-refractivity contribution in [2.75, 3.05) is 7.11 Å². The molecule has 0 aromatic heterocycles. The second-order valence-electron chi connectivity index (χ2n) is 7.24. The summed E-state index contributed by atoms with van der Waals surface area (Å²) in [6.45, 7) is 2.74. The van der Waals surface area contributed by atoms with E-state index in [1.165, 1.54) is 0 Å². The van der Waals surface area contributed by atoms with E-state index in [1.807, 2.05) is 54.6 Å². The van der Waals surface area contributed by atoms with E-state index in [1.54, 1.807) is 7.11 Å². The second-order valence-corrected chi connectivity index (χ2v) is 8.16. The molecule has 0 saturated carbocycles. The number of rotatable bonds is 9. The van der Waals surface area contributed by atoms with Gasteiger partial charge < -0.3 is 9.84 Å². The molecule has 5 heteroatoms. The van der Waals surface area contributed by atoms with Crippen LogP contribution in [0, 0.1) is 0 Å². The zero-order valence-corrected chi connectivity index (χ0v) is 18.7. The number of halogens is 1. The number of methoxy groups -OCH3 is 1. The minimum Gasteiger partial charge on any atom is -0.496 e. The van der Waals surface area contributed by atoms with Gasteiger partial charge in [0.2, 0.25) is 0 Å². The van der Waals surface area contributed by atoms with Gasteiger partial charge >= 0.3 is 5.97 Å². The van der Waals surface area contributed by atoms with Crippen LogP contribution in [-0.2, 0) is 11.3 Å². The first-order valence-corrected chi connectivity index (χ1v) is 10.7. The summed E-state index contributed by atoms with van der Waals surface area (Å²) >= 11 is 3.54. The van der Waals surface area contributed by atoms with Gasteiger partial charge in [0.1, 0.15) is 5.75 Å². The van der Waals surface area contributed by atoms with Crippen LogP contribution in [0.4, 0.5) is 0 Å². The van der Waals surface area contributed by atoms with Gasteiger partial charge in [-0.3, -0.25) is 9.69 Å². The van der Waals surface area contributed by atoms with E-state index in [9.17, 15) is 9.90 Å². The lowest BCUT2D eigenvalue weighted by Gasteiger charge is -2.37. The number of benzene rings is 3. The van der Waals surface area contributed by atoms with Crippen LogP contribution in [0.2, 0.25) is 0 Å². The largest absolute Gasteiger partial charge is 0.496 e. The maximum Gasteiger partial charge on any atom is 0.305 e. The SMILES string of the molecule is COc1ccc(Br)cc1[C@H](CC(=O)O)N(Cc1ccccc1)[C@H](C)c1ccccc1. The van der Waals surface area contributed by atoms with Crippen molar-refractivity contribution in [3.05, 3.63) is 100 Å². The summed E-state index contributed by atoms with van der Waals surface area (Å²) in [4.78, 5) is 14.1. The van der Waals surface area contributed by atoms with E-state index in [2.05, 4.69) is 52.0 Å². The van der Waals surface area contributed by atoms with E-state index in [-0.39, 0.29) is 18.5 Å². The third-order valence-electron chi connectivity index (χ3n) is 5.31. The molecule has 3 rings (SSSR count). The smallest absolute Gasteiger partial charge is 0.305 e. The lowest BCUT2D eigenvalue weighted by Crippen LogP contribution is -2.33. The van der Waals surface area contributed by atoms with Crippen LogP contribution in [-0.4, -0.2) is 23.1 Å². The Balaban J connectivity index is 2.11. The fraction of sp³-hybridized carbons (Fsp3) is 0.240. The van der Waals surface area contributed by atoms with Gasteiger partial charge in [0.15, 0.2) is 0 Å². The first kappa shape index (κ1) is 22.1. The zero-order valence-electron chi connectivity index (χ0n) is 17.2. The maximum atomic E-state index is 11.9. The Bertz CT molecular complexity index is 963. The molecule has 1 N–H and O–H groups in total. The lowest BCUT2D eigenvalue weighted by atomic mass is 9.96. The molecule has 0 fully saturated rings. The van der Waals surface area contributed by atoms with Gasteiger partial charge in [-0.05, 0) is 36.2 Å². The number of nitrogens with zero attached hydrogens (tertiary/aromatic N) is 1. The van der Waals surface area contributed by atoms with Crippen LogP contribution in [0.25, 0.3) is 0 Å². The Hall–Kier alpha value is -2.63. The van der Waals surface area contributed by atoms with Crippen molar-refractivity contribution < 1.29 is 14.6 Å². The lowest BCUT2D eigenvalue weighted by molar-refractivity contribution is -0.138. The number of hydrogen-bond donors (Lipinski definition) is 1. The molecule has 30 heavy (non-hydrogen) atoms. The van der Waals surface area contributed by atoms with Crippen molar-refractivity contribution in [3.8, 4) is 5.75 Å². The molecular weight excluding hydrogens is 442 g/mol. The molecule has 2 atom stereocenters. The van der Waals surface area contributed by atoms with E-state index in [0.717, 1.165) is 21.2 Å². The number of hydrogen-bond acceptors (Lipinski definition) is 3. The maximum absolute atomic E-state index is 11.9. The standard InChI is InChI=1S/C25H26BrNO3/c1-18(20-11-7-4-8-12-20)27(17-19-9-5-3-6-10-19)23(16-25(28)29)22-15-21(26)13-14-24(22)30-2/h3-15,18,23H,16-17H2,1-2H3,(H,28,29)/t18-,23+/m1/s1. The summed E-state index contributed by atoms with van der Waals surface area (Å²) in [6, 6.07) is 25.7. The molecule has 3 aromatic rings. The number of ether oxygens (including phenoxy) is 1. The minimum atomic E-state index is -0.847. The predicted molar refractivity (Wildman–Crippen MR) is 123 cm³/mol. The van der Waals surface area contributed by atoms with Crippen molar-refractivity contribution in [3.63, 3.8) is 0 Å². The third-order valence-corrected chi connectivity index (χ3v) is 5.80. The summed E-state index contributed by atoms with van der Waals surface area (Å²) in [5.41, 5.74) is 3.12. The van der Waals surface area contributed by atoms with Gasteiger partial charge in [0.25, 0.3) is 0 Å². The molecule has 0 unspecified atom stereocenters. The Morgan fingerprint density at radius 3 is 2.27 bits per heavy atom. The van der Waals surface area contributed by atoms with Crippen LogP contribution in [0.3, 0.4) is 0 Å². The molecule has 156 valence electrons. The van der Waals surface area contributed by atoms with E-state index < -0.39 is 5.97 Å². The highest BCUT2D eigenvalue weighted by molar-refractivity contribution is 9.10. The average Bonchev–Trinajstić information content (AvgIpc) is 2.77. The van der Waals surface area contributed by atoms with E-state index in [0.29, 0.717) is 12.3 Å². The Labute approximate surface area is 186 Å². The van der Waals surface area contributed by atoms with Crippen LogP contribution < -0.4 is 4.74 Å². The summed E-state index contributed by atoms with van der Waals surface area (Å²) in [7, 11) is 1.62. The first-order chi connectivity index (χ1) is 14.5. The highest BCUT2D eigenvalue weighted by atomic mass is 79.9. The van der Waals surface area contributed by atoms with E-state index in [4.69, 9.17) is 4.74 Å². The minimum absolute atomic E-state index is 0.000515. The van der Waals surface area contributed by atoms with Crippen LogP contribution in [0.1, 0.15) is 42.1 Å².